The zero-order chi connectivity index (χ0) is 14.5. The normalized spacial score (nSPS) is 15.9. The summed E-state index contributed by atoms with van der Waals surface area (Å²) < 4.78 is 4.79. The second-order valence-electron chi connectivity index (χ2n) is 5.07. The first-order chi connectivity index (χ1) is 9.61. The van der Waals surface area contributed by atoms with Crippen LogP contribution in [0.25, 0.3) is 0 Å². The third-order valence-corrected chi connectivity index (χ3v) is 3.82. The summed E-state index contributed by atoms with van der Waals surface area (Å²) in [6.07, 6.45) is 1.61. The van der Waals surface area contributed by atoms with Gasteiger partial charge in [-0.3, -0.25) is 0 Å². The minimum Gasteiger partial charge on any atom is -0.465 e. The highest BCUT2D eigenvalue weighted by Gasteiger charge is 2.23. The van der Waals surface area contributed by atoms with Gasteiger partial charge >= 0.3 is 12.1 Å². The molecule has 5 heteroatoms. The Kier molecular flexibility index (Phi) is 4.61. The van der Waals surface area contributed by atoms with E-state index in [0.717, 1.165) is 24.8 Å². The van der Waals surface area contributed by atoms with Crippen LogP contribution in [-0.4, -0.2) is 42.3 Å². The lowest BCUT2D eigenvalue weighted by Crippen LogP contribution is -2.38. The van der Waals surface area contributed by atoms with Gasteiger partial charge in [-0.1, -0.05) is 18.2 Å². The highest BCUT2D eigenvalue weighted by molar-refractivity contribution is 5.90. The lowest BCUT2D eigenvalue weighted by atomic mass is 9.88. The molecule has 108 valence electrons. The van der Waals surface area contributed by atoms with E-state index in [0.29, 0.717) is 24.6 Å². The molecule has 1 aliphatic heterocycles. The first kappa shape index (κ1) is 14.4. The van der Waals surface area contributed by atoms with Gasteiger partial charge in [-0.25, -0.2) is 9.59 Å². The number of benzene rings is 1. The fraction of sp³-hybridized carbons (Fsp3) is 0.467. The third-order valence-electron chi connectivity index (χ3n) is 3.82. The topological polar surface area (TPSA) is 66.8 Å². The molecule has 0 atom stereocenters. The van der Waals surface area contributed by atoms with Crippen LogP contribution in [0.1, 0.15) is 28.8 Å². The summed E-state index contributed by atoms with van der Waals surface area (Å²) in [5.74, 6) is 0.0972. The van der Waals surface area contributed by atoms with E-state index in [1.54, 1.807) is 6.07 Å². The average molecular weight is 277 g/mol. The van der Waals surface area contributed by atoms with Crippen molar-refractivity contribution >= 4 is 12.1 Å². The van der Waals surface area contributed by atoms with E-state index in [4.69, 9.17) is 9.84 Å². The second-order valence-corrected chi connectivity index (χ2v) is 5.07. The van der Waals surface area contributed by atoms with Crippen molar-refractivity contribution in [1.82, 2.24) is 4.90 Å². The summed E-state index contributed by atoms with van der Waals surface area (Å²) in [5.41, 5.74) is 1.59. The monoisotopic (exact) mass is 277 g/mol. The molecule has 1 saturated heterocycles. The molecule has 1 amide bonds. The van der Waals surface area contributed by atoms with Gasteiger partial charge in [0.05, 0.1) is 12.7 Å². The Morgan fingerprint density at radius 1 is 1.30 bits per heavy atom. The van der Waals surface area contributed by atoms with E-state index < -0.39 is 6.09 Å². The van der Waals surface area contributed by atoms with Crippen LogP contribution in [0.2, 0.25) is 0 Å². The number of piperidine rings is 1. The van der Waals surface area contributed by atoms with Crippen LogP contribution >= 0.6 is 0 Å². The largest absolute Gasteiger partial charge is 0.465 e. The van der Waals surface area contributed by atoms with E-state index >= 15 is 0 Å². The smallest absolute Gasteiger partial charge is 0.407 e. The van der Waals surface area contributed by atoms with Crippen molar-refractivity contribution in [2.75, 3.05) is 20.2 Å². The number of esters is 1. The molecule has 1 aliphatic rings. The van der Waals surface area contributed by atoms with Gasteiger partial charge in [-0.2, -0.15) is 0 Å². The molecule has 5 nitrogen and oxygen atoms in total. The predicted octanol–water partition coefficient (Wildman–Crippen LogP) is 2.41. The molecule has 2 rings (SSSR count). The van der Waals surface area contributed by atoms with Gasteiger partial charge in [0.15, 0.2) is 0 Å². The molecule has 0 aliphatic carbocycles. The zero-order valence-corrected chi connectivity index (χ0v) is 11.5. The number of likely N-dealkylation sites (tertiary alicyclic amines) is 1. The molecule has 0 unspecified atom stereocenters. The number of carbonyl (C=O) groups is 2. The molecular weight excluding hydrogens is 258 g/mol. The molecule has 0 spiro atoms. The predicted molar refractivity (Wildman–Crippen MR) is 73.8 cm³/mol. The van der Waals surface area contributed by atoms with E-state index in [9.17, 15) is 9.59 Å². The molecule has 20 heavy (non-hydrogen) atoms. The Labute approximate surface area is 118 Å². The summed E-state index contributed by atoms with van der Waals surface area (Å²) in [6, 6.07) is 7.44. The Morgan fingerprint density at radius 2 is 1.95 bits per heavy atom. The average Bonchev–Trinajstić information content (AvgIpc) is 2.47. The van der Waals surface area contributed by atoms with Gasteiger partial charge in [0.2, 0.25) is 0 Å². The van der Waals surface area contributed by atoms with Crippen LogP contribution in [-0.2, 0) is 11.2 Å². The highest BCUT2D eigenvalue weighted by atomic mass is 16.5. The highest BCUT2D eigenvalue weighted by Crippen LogP contribution is 2.23. The van der Waals surface area contributed by atoms with Crippen LogP contribution in [0.3, 0.4) is 0 Å². The maximum absolute atomic E-state index is 11.7. The van der Waals surface area contributed by atoms with Gasteiger partial charge in [0, 0.05) is 13.1 Å². The number of nitrogens with zero attached hydrogens (tertiary/aromatic N) is 1. The summed E-state index contributed by atoms with van der Waals surface area (Å²) in [5, 5.41) is 8.93. The minimum atomic E-state index is -0.849. The van der Waals surface area contributed by atoms with Gasteiger partial charge in [0.1, 0.15) is 0 Å². The number of amides is 1. The van der Waals surface area contributed by atoms with Crippen LogP contribution in [0.5, 0.6) is 0 Å². The molecule has 0 radical (unpaired) electrons. The number of carboxylic acid groups (broad SMARTS) is 1. The van der Waals surface area contributed by atoms with Crippen molar-refractivity contribution in [2.24, 2.45) is 5.92 Å². The number of rotatable bonds is 3. The van der Waals surface area contributed by atoms with Crippen LogP contribution in [0.4, 0.5) is 4.79 Å². The summed E-state index contributed by atoms with van der Waals surface area (Å²) in [7, 11) is 1.38. The van der Waals surface area contributed by atoms with Crippen LogP contribution < -0.4 is 0 Å². The van der Waals surface area contributed by atoms with Crippen LogP contribution in [0.15, 0.2) is 24.3 Å². The lowest BCUT2D eigenvalue weighted by molar-refractivity contribution is 0.0599. The summed E-state index contributed by atoms with van der Waals surface area (Å²) in [4.78, 5) is 24.0. The van der Waals surface area contributed by atoms with Gasteiger partial charge in [0.25, 0.3) is 0 Å². The van der Waals surface area contributed by atoms with Crippen molar-refractivity contribution < 1.29 is 19.4 Å². The molecule has 1 N–H and O–H groups in total. The van der Waals surface area contributed by atoms with Crippen molar-refractivity contribution in [3.05, 3.63) is 35.4 Å². The summed E-state index contributed by atoms with van der Waals surface area (Å²) in [6.45, 7) is 1.14. The molecule has 0 bridgehead atoms. The fourth-order valence-electron chi connectivity index (χ4n) is 2.65. The van der Waals surface area contributed by atoms with E-state index in [1.807, 2.05) is 18.2 Å². The Hall–Kier alpha value is -2.04. The van der Waals surface area contributed by atoms with Gasteiger partial charge < -0.3 is 14.7 Å². The molecule has 1 aromatic rings. The SMILES string of the molecule is COC(=O)c1ccccc1CC1CCN(C(=O)O)CC1. The third kappa shape index (κ3) is 3.29. The molecule has 1 aromatic carbocycles. The van der Waals surface area contributed by atoms with Crippen molar-refractivity contribution in [3.63, 3.8) is 0 Å². The van der Waals surface area contributed by atoms with E-state index in [2.05, 4.69) is 0 Å². The minimum absolute atomic E-state index is 0.316. The Balaban J connectivity index is 2.01. The molecule has 1 heterocycles. The lowest BCUT2D eigenvalue weighted by Gasteiger charge is -2.30. The molecular formula is C15H19NO4. The van der Waals surface area contributed by atoms with Crippen LogP contribution in [0, 0.1) is 5.92 Å². The van der Waals surface area contributed by atoms with E-state index in [1.165, 1.54) is 12.0 Å². The maximum Gasteiger partial charge on any atom is 0.407 e. The summed E-state index contributed by atoms with van der Waals surface area (Å²) >= 11 is 0. The first-order valence-electron chi connectivity index (χ1n) is 6.76. The number of hydrogen-bond acceptors (Lipinski definition) is 3. The first-order valence-corrected chi connectivity index (χ1v) is 6.76. The molecule has 0 aromatic heterocycles. The van der Waals surface area contributed by atoms with Crippen molar-refractivity contribution in [2.45, 2.75) is 19.3 Å². The number of carbonyl (C=O) groups excluding carboxylic acids is 1. The van der Waals surface area contributed by atoms with Crippen molar-refractivity contribution in [1.29, 1.82) is 0 Å². The molecule has 1 fully saturated rings. The second kappa shape index (κ2) is 6.41. The Morgan fingerprint density at radius 3 is 2.55 bits per heavy atom. The molecule has 0 saturated carbocycles. The van der Waals surface area contributed by atoms with Gasteiger partial charge in [-0.15, -0.1) is 0 Å². The quantitative estimate of drug-likeness (QED) is 0.861. The fourth-order valence-corrected chi connectivity index (χ4v) is 2.65. The number of ether oxygens (including phenoxy) is 1. The zero-order valence-electron chi connectivity index (χ0n) is 11.5. The van der Waals surface area contributed by atoms with Crippen molar-refractivity contribution in [3.8, 4) is 0 Å². The number of hydrogen-bond donors (Lipinski definition) is 1. The maximum atomic E-state index is 11.7. The standard InChI is InChI=1S/C15H19NO4/c1-20-14(17)13-5-3-2-4-12(13)10-11-6-8-16(9-7-11)15(18)19/h2-5,11H,6-10H2,1H3,(H,18,19). The van der Waals surface area contributed by atoms with E-state index in [-0.39, 0.29) is 5.97 Å². The van der Waals surface area contributed by atoms with Gasteiger partial charge in [-0.05, 0) is 36.8 Å². The number of methoxy groups -OCH3 is 1. The Bertz CT molecular complexity index is 492.